The van der Waals surface area contributed by atoms with Gasteiger partial charge < -0.3 is 4.90 Å². The molecule has 102 valence electrons. The summed E-state index contributed by atoms with van der Waals surface area (Å²) in [6.45, 7) is 3.11. The zero-order valence-corrected chi connectivity index (χ0v) is 12.2. The summed E-state index contributed by atoms with van der Waals surface area (Å²) in [4.78, 5) is 2.30. The summed E-state index contributed by atoms with van der Waals surface area (Å²) in [5.41, 5.74) is 2.61. The molecule has 2 heterocycles. The molecular formula is C15H16N4S. The highest BCUT2D eigenvalue weighted by Gasteiger charge is 2.26. The minimum Gasteiger partial charge on any atom is -0.340 e. The van der Waals surface area contributed by atoms with Crippen LogP contribution in [0.5, 0.6) is 0 Å². The van der Waals surface area contributed by atoms with E-state index in [-0.39, 0.29) is 0 Å². The van der Waals surface area contributed by atoms with Crippen LogP contribution in [0.15, 0.2) is 24.3 Å². The standard InChI is InChI=1S/C15H16N4S/c1-11-5-4-6-12(9-11)13-7-2-3-8-19(13)15-18-17-14(10-16)20-15/h4-6,9,13H,2-3,7-8H2,1H3. The van der Waals surface area contributed by atoms with Crippen molar-refractivity contribution in [3.05, 3.63) is 40.4 Å². The lowest BCUT2D eigenvalue weighted by atomic mass is 9.95. The van der Waals surface area contributed by atoms with Crippen LogP contribution >= 0.6 is 11.3 Å². The maximum atomic E-state index is 8.91. The van der Waals surface area contributed by atoms with Crippen molar-refractivity contribution in [3.63, 3.8) is 0 Å². The third kappa shape index (κ3) is 2.52. The SMILES string of the molecule is Cc1cccc(C2CCCCN2c2nnc(C#N)s2)c1. The number of hydrogen-bond acceptors (Lipinski definition) is 5. The molecular weight excluding hydrogens is 268 g/mol. The summed E-state index contributed by atoms with van der Waals surface area (Å²) in [6.07, 6.45) is 3.54. The highest BCUT2D eigenvalue weighted by Crippen LogP contribution is 2.36. The van der Waals surface area contributed by atoms with Gasteiger partial charge in [-0.2, -0.15) is 5.26 Å². The fourth-order valence-electron chi connectivity index (χ4n) is 2.76. The summed E-state index contributed by atoms with van der Waals surface area (Å²) in [7, 11) is 0. The number of rotatable bonds is 2. The predicted octanol–water partition coefficient (Wildman–Crippen LogP) is 3.45. The molecule has 4 nitrogen and oxygen atoms in total. The van der Waals surface area contributed by atoms with Crippen LogP contribution in [0.3, 0.4) is 0 Å². The average Bonchev–Trinajstić information content (AvgIpc) is 2.96. The Balaban J connectivity index is 1.93. The van der Waals surface area contributed by atoms with Gasteiger partial charge >= 0.3 is 0 Å². The van der Waals surface area contributed by atoms with Crippen LogP contribution in [0.1, 0.15) is 41.4 Å². The van der Waals surface area contributed by atoms with E-state index in [1.54, 1.807) is 0 Å². The molecule has 1 aliphatic rings. The van der Waals surface area contributed by atoms with Crippen molar-refractivity contribution in [2.45, 2.75) is 32.2 Å². The van der Waals surface area contributed by atoms with Crippen LogP contribution in [0.25, 0.3) is 0 Å². The first-order valence-corrected chi connectivity index (χ1v) is 7.66. The molecule has 5 heteroatoms. The quantitative estimate of drug-likeness (QED) is 0.847. The van der Waals surface area contributed by atoms with E-state index in [2.05, 4.69) is 52.4 Å². The van der Waals surface area contributed by atoms with Crippen molar-refractivity contribution >= 4 is 16.5 Å². The maximum absolute atomic E-state index is 8.91. The van der Waals surface area contributed by atoms with Gasteiger partial charge in [0.25, 0.3) is 0 Å². The van der Waals surface area contributed by atoms with Gasteiger partial charge in [0.1, 0.15) is 6.07 Å². The average molecular weight is 284 g/mol. The Morgan fingerprint density at radius 1 is 1.35 bits per heavy atom. The second-order valence-corrected chi connectivity index (χ2v) is 6.08. The normalized spacial score (nSPS) is 18.8. The summed E-state index contributed by atoms with van der Waals surface area (Å²) < 4.78 is 0. The Morgan fingerprint density at radius 2 is 2.25 bits per heavy atom. The Kier molecular flexibility index (Phi) is 3.66. The van der Waals surface area contributed by atoms with Gasteiger partial charge in [-0.05, 0) is 31.7 Å². The maximum Gasteiger partial charge on any atom is 0.219 e. The van der Waals surface area contributed by atoms with E-state index in [4.69, 9.17) is 5.26 Å². The highest BCUT2D eigenvalue weighted by molar-refractivity contribution is 7.15. The molecule has 1 atom stereocenters. The van der Waals surface area contributed by atoms with Gasteiger partial charge in [0.05, 0.1) is 6.04 Å². The van der Waals surface area contributed by atoms with Crippen molar-refractivity contribution in [1.82, 2.24) is 10.2 Å². The van der Waals surface area contributed by atoms with E-state index >= 15 is 0 Å². The van der Waals surface area contributed by atoms with Crippen molar-refractivity contribution in [2.75, 3.05) is 11.4 Å². The molecule has 3 rings (SSSR count). The first-order chi connectivity index (χ1) is 9.78. The van der Waals surface area contributed by atoms with E-state index in [9.17, 15) is 0 Å². The Hall–Kier alpha value is -1.93. The number of aryl methyl sites for hydroxylation is 1. The molecule has 0 amide bonds. The van der Waals surface area contributed by atoms with Gasteiger partial charge in [0.2, 0.25) is 10.1 Å². The van der Waals surface area contributed by atoms with Crippen LogP contribution < -0.4 is 4.90 Å². The fourth-order valence-corrected chi connectivity index (χ4v) is 3.48. The molecule has 0 N–H and O–H groups in total. The lowest BCUT2D eigenvalue weighted by Gasteiger charge is -2.35. The third-order valence-corrected chi connectivity index (χ3v) is 4.55. The molecule has 0 saturated carbocycles. The number of aromatic nitrogens is 2. The van der Waals surface area contributed by atoms with Gasteiger partial charge in [-0.1, -0.05) is 41.2 Å². The minimum atomic E-state index is 0.350. The summed E-state index contributed by atoms with van der Waals surface area (Å²) in [5, 5.41) is 18.3. The largest absolute Gasteiger partial charge is 0.340 e. The Bertz CT molecular complexity index is 643. The van der Waals surface area contributed by atoms with E-state index in [1.807, 2.05) is 0 Å². The van der Waals surface area contributed by atoms with Crippen molar-refractivity contribution in [3.8, 4) is 6.07 Å². The van der Waals surface area contributed by atoms with Crippen molar-refractivity contribution in [1.29, 1.82) is 5.26 Å². The number of piperidine rings is 1. The molecule has 1 unspecified atom stereocenters. The lowest BCUT2D eigenvalue weighted by molar-refractivity contribution is 0.471. The van der Waals surface area contributed by atoms with E-state index in [0.29, 0.717) is 11.0 Å². The predicted molar refractivity (Wildman–Crippen MR) is 79.7 cm³/mol. The van der Waals surface area contributed by atoms with Crippen LogP contribution in [-0.2, 0) is 0 Å². The van der Waals surface area contributed by atoms with Gasteiger partial charge in [-0.15, -0.1) is 10.2 Å². The zero-order valence-electron chi connectivity index (χ0n) is 11.4. The van der Waals surface area contributed by atoms with Gasteiger partial charge in [0, 0.05) is 6.54 Å². The molecule has 20 heavy (non-hydrogen) atoms. The molecule has 1 saturated heterocycles. The Labute approximate surface area is 122 Å². The summed E-state index contributed by atoms with van der Waals surface area (Å²) in [6, 6.07) is 11.1. The van der Waals surface area contributed by atoms with Crippen molar-refractivity contribution in [2.24, 2.45) is 0 Å². The first-order valence-electron chi connectivity index (χ1n) is 6.85. The van der Waals surface area contributed by atoms with E-state index < -0.39 is 0 Å². The molecule has 2 aromatic rings. The molecule has 1 aromatic heterocycles. The highest BCUT2D eigenvalue weighted by atomic mass is 32.1. The second-order valence-electron chi connectivity index (χ2n) is 5.12. The summed E-state index contributed by atoms with van der Waals surface area (Å²) >= 11 is 1.38. The number of nitriles is 1. The zero-order chi connectivity index (χ0) is 13.9. The molecule has 1 fully saturated rings. The number of benzene rings is 1. The minimum absolute atomic E-state index is 0.350. The van der Waals surface area contributed by atoms with Crippen LogP contribution in [0.4, 0.5) is 5.13 Å². The van der Waals surface area contributed by atoms with E-state index in [0.717, 1.165) is 18.1 Å². The van der Waals surface area contributed by atoms with Gasteiger partial charge in [-0.3, -0.25) is 0 Å². The monoisotopic (exact) mass is 284 g/mol. The molecule has 0 spiro atoms. The number of anilines is 1. The molecule has 0 aliphatic carbocycles. The van der Waals surface area contributed by atoms with Crippen LogP contribution in [-0.4, -0.2) is 16.7 Å². The van der Waals surface area contributed by atoms with Crippen molar-refractivity contribution < 1.29 is 0 Å². The number of hydrogen-bond donors (Lipinski definition) is 0. The summed E-state index contributed by atoms with van der Waals surface area (Å²) in [5.74, 6) is 0. The molecule has 1 aromatic carbocycles. The third-order valence-electron chi connectivity index (χ3n) is 3.69. The second kappa shape index (κ2) is 5.59. The van der Waals surface area contributed by atoms with E-state index in [1.165, 1.54) is 35.3 Å². The topological polar surface area (TPSA) is 52.8 Å². The smallest absolute Gasteiger partial charge is 0.219 e. The molecule has 0 radical (unpaired) electrons. The Morgan fingerprint density at radius 3 is 3.00 bits per heavy atom. The molecule has 1 aliphatic heterocycles. The van der Waals surface area contributed by atoms with Crippen LogP contribution in [0.2, 0.25) is 0 Å². The molecule has 0 bridgehead atoms. The van der Waals surface area contributed by atoms with Crippen LogP contribution in [0, 0.1) is 18.3 Å². The number of nitrogens with zero attached hydrogens (tertiary/aromatic N) is 4. The van der Waals surface area contributed by atoms with Gasteiger partial charge in [-0.25, -0.2) is 0 Å². The lowest BCUT2D eigenvalue weighted by Crippen LogP contribution is -2.33. The fraction of sp³-hybridized carbons (Fsp3) is 0.400. The van der Waals surface area contributed by atoms with Gasteiger partial charge in [0.15, 0.2) is 0 Å². The first kappa shape index (κ1) is 13.1.